The summed E-state index contributed by atoms with van der Waals surface area (Å²) in [6, 6.07) is 9.54. The third-order valence-electron chi connectivity index (χ3n) is 6.04. The molecule has 2 heterocycles. The monoisotopic (exact) mass is 463 g/mol. The van der Waals surface area contributed by atoms with E-state index in [9.17, 15) is 17.2 Å². The summed E-state index contributed by atoms with van der Waals surface area (Å²) < 4.78 is 70.3. The maximum atomic E-state index is 15.6. The van der Waals surface area contributed by atoms with E-state index >= 15 is 4.39 Å². The number of sulfone groups is 1. The Hall–Kier alpha value is -2.65. The van der Waals surface area contributed by atoms with Crippen LogP contribution in [-0.4, -0.2) is 47.5 Å². The lowest BCUT2D eigenvalue weighted by molar-refractivity contribution is 0.120. The fourth-order valence-electron chi connectivity index (χ4n) is 4.02. The van der Waals surface area contributed by atoms with Crippen molar-refractivity contribution in [2.75, 3.05) is 19.6 Å². The number of piperidine rings is 1. The molecular weight excluding hydrogens is 439 g/mol. The molecule has 0 radical (unpaired) electrons. The number of likely N-dealkylation sites (tertiary alicyclic amines) is 1. The van der Waals surface area contributed by atoms with Gasteiger partial charge in [0, 0.05) is 63.5 Å². The zero-order valence-corrected chi connectivity index (χ0v) is 18.5. The van der Waals surface area contributed by atoms with Gasteiger partial charge in [0.05, 0.1) is 4.90 Å². The van der Waals surface area contributed by atoms with E-state index < -0.39 is 26.5 Å². The maximum Gasteiger partial charge on any atom is 0.217 e. The molecular formula is C23H24F3N3O2S. The van der Waals surface area contributed by atoms with Crippen LogP contribution < -0.4 is 0 Å². The molecule has 170 valence electrons. The summed E-state index contributed by atoms with van der Waals surface area (Å²) in [5, 5.41) is -2.35. The Morgan fingerprint density at radius 3 is 2.34 bits per heavy atom. The van der Waals surface area contributed by atoms with Gasteiger partial charge in [0.25, 0.3) is 0 Å². The van der Waals surface area contributed by atoms with Crippen molar-refractivity contribution in [3.63, 3.8) is 0 Å². The standard InChI is InChI=1S/C23H24F3N3O2S/c1-28-15-11-27-22(28)18-3-6-20(7-4-18)32(30,31)23(26)9-13-29(14-10-23)12-8-17-2-5-19(24)16-21(17)25/h2-7,11,15-16H,8-10,12-14H2,1H3. The van der Waals surface area contributed by atoms with E-state index in [-0.39, 0.29) is 30.8 Å². The van der Waals surface area contributed by atoms with Gasteiger partial charge in [0.1, 0.15) is 17.5 Å². The Labute approximate surface area is 185 Å². The number of imidazole rings is 1. The average Bonchev–Trinajstić information content (AvgIpc) is 3.20. The Kier molecular flexibility index (Phi) is 6.13. The van der Waals surface area contributed by atoms with Gasteiger partial charge in [-0.25, -0.2) is 26.6 Å². The van der Waals surface area contributed by atoms with Crippen molar-refractivity contribution in [2.24, 2.45) is 7.05 Å². The van der Waals surface area contributed by atoms with Gasteiger partial charge in [-0.15, -0.1) is 0 Å². The van der Waals surface area contributed by atoms with Crippen LogP contribution in [0.1, 0.15) is 18.4 Å². The number of hydrogen-bond donors (Lipinski definition) is 0. The van der Waals surface area contributed by atoms with Crippen LogP contribution in [0.25, 0.3) is 11.4 Å². The molecule has 3 aromatic rings. The van der Waals surface area contributed by atoms with E-state index in [0.717, 1.165) is 11.6 Å². The fraction of sp³-hybridized carbons (Fsp3) is 0.348. The lowest BCUT2D eigenvalue weighted by Crippen LogP contribution is -2.46. The van der Waals surface area contributed by atoms with E-state index in [1.807, 2.05) is 16.5 Å². The van der Waals surface area contributed by atoms with Crippen molar-refractivity contribution in [1.29, 1.82) is 0 Å². The molecule has 0 saturated carbocycles. The van der Waals surface area contributed by atoms with Crippen LogP contribution in [-0.2, 0) is 23.3 Å². The van der Waals surface area contributed by atoms with Crippen molar-refractivity contribution in [3.8, 4) is 11.4 Å². The number of nitrogens with zero attached hydrogens (tertiary/aromatic N) is 3. The Bertz CT molecular complexity index is 1200. The van der Waals surface area contributed by atoms with Crippen molar-refractivity contribution in [2.45, 2.75) is 29.2 Å². The van der Waals surface area contributed by atoms with E-state index in [4.69, 9.17) is 0 Å². The largest absolute Gasteiger partial charge is 0.334 e. The zero-order chi connectivity index (χ0) is 22.9. The highest BCUT2D eigenvalue weighted by molar-refractivity contribution is 7.92. The molecule has 1 saturated heterocycles. The molecule has 0 unspecified atom stereocenters. The van der Waals surface area contributed by atoms with Gasteiger partial charge in [0.2, 0.25) is 14.8 Å². The third-order valence-corrected chi connectivity index (χ3v) is 8.31. The van der Waals surface area contributed by atoms with Crippen molar-refractivity contribution >= 4 is 9.84 Å². The Morgan fingerprint density at radius 2 is 1.75 bits per heavy atom. The molecule has 0 amide bonds. The van der Waals surface area contributed by atoms with E-state index in [0.29, 0.717) is 24.4 Å². The maximum absolute atomic E-state index is 15.6. The van der Waals surface area contributed by atoms with Gasteiger partial charge < -0.3 is 9.47 Å². The van der Waals surface area contributed by atoms with Crippen molar-refractivity contribution in [1.82, 2.24) is 14.5 Å². The molecule has 0 spiro atoms. The number of rotatable bonds is 6. The lowest BCUT2D eigenvalue weighted by atomic mass is 10.1. The van der Waals surface area contributed by atoms with Gasteiger partial charge in [0.15, 0.2) is 0 Å². The summed E-state index contributed by atoms with van der Waals surface area (Å²) >= 11 is 0. The van der Waals surface area contributed by atoms with E-state index in [1.165, 1.54) is 24.3 Å². The SMILES string of the molecule is Cn1ccnc1-c1ccc(S(=O)(=O)C2(F)CCN(CCc3ccc(F)cc3F)CC2)cc1. The third kappa shape index (κ3) is 4.31. The predicted molar refractivity (Wildman–Crippen MR) is 115 cm³/mol. The molecule has 1 fully saturated rings. The average molecular weight is 464 g/mol. The molecule has 1 aromatic heterocycles. The normalized spacial score (nSPS) is 16.9. The van der Waals surface area contributed by atoms with Gasteiger partial charge in [-0.2, -0.15) is 0 Å². The number of aryl methyl sites for hydroxylation is 1. The van der Waals surface area contributed by atoms with E-state index in [2.05, 4.69) is 4.98 Å². The summed E-state index contributed by atoms with van der Waals surface area (Å²) in [5.41, 5.74) is 1.12. The van der Waals surface area contributed by atoms with Gasteiger partial charge in [-0.05, 0) is 42.3 Å². The number of hydrogen-bond acceptors (Lipinski definition) is 4. The first-order valence-corrected chi connectivity index (χ1v) is 11.9. The fourth-order valence-corrected chi connectivity index (χ4v) is 5.66. The second-order valence-electron chi connectivity index (χ2n) is 8.10. The highest BCUT2D eigenvalue weighted by Gasteiger charge is 2.47. The summed E-state index contributed by atoms with van der Waals surface area (Å²) in [6.45, 7) is 0.921. The van der Waals surface area contributed by atoms with Crippen LogP contribution in [0.3, 0.4) is 0 Å². The molecule has 2 aromatic carbocycles. The second-order valence-corrected chi connectivity index (χ2v) is 10.3. The first-order chi connectivity index (χ1) is 15.2. The minimum atomic E-state index is -4.18. The molecule has 5 nitrogen and oxygen atoms in total. The number of halogens is 3. The second kappa shape index (κ2) is 8.71. The highest BCUT2D eigenvalue weighted by Crippen LogP contribution is 2.37. The summed E-state index contributed by atoms with van der Waals surface area (Å²) in [5.74, 6) is -0.558. The lowest BCUT2D eigenvalue weighted by Gasteiger charge is -2.36. The molecule has 1 aliphatic rings. The zero-order valence-electron chi connectivity index (χ0n) is 17.6. The quantitative estimate of drug-likeness (QED) is 0.551. The minimum Gasteiger partial charge on any atom is -0.334 e. The van der Waals surface area contributed by atoms with Crippen LogP contribution in [0.5, 0.6) is 0 Å². The summed E-state index contributed by atoms with van der Waals surface area (Å²) in [6.07, 6.45) is 3.45. The van der Waals surface area contributed by atoms with Gasteiger partial charge in [-0.3, -0.25) is 0 Å². The molecule has 0 aliphatic carbocycles. The van der Waals surface area contributed by atoms with Crippen LogP contribution >= 0.6 is 0 Å². The van der Waals surface area contributed by atoms with Crippen LogP contribution in [0.15, 0.2) is 59.8 Å². The Balaban J connectivity index is 1.41. The molecule has 0 bridgehead atoms. The molecule has 32 heavy (non-hydrogen) atoms. The molecule has 1 aliphatic heterocycles. The van der Waals surface area contributed by atoms with Crippen molar-refractivity contribution < 1.29 is 21.6 Å². The smallest absolute Gasteiger partial charge is 0.217 e. The predicted octanol–water partition coefficient (Wildman–Crippen LogP) is 4.14. The molecule has 0 N–H and O–H groups in total. The minimum absolute atomic E-state index is 0.0557. The van der Waals surface area contributed by atoms with E-state index in [1.54, 1.807) is 24.5 Å². The van der Waals surface area contributed by atoms with Gasteiger partial charge in [-0.1, -0.05) is 6.07 Å². The molecule has 4 rings (SSSR count). The van der Waals surface area contributed by atoms with Crippen LogP contribution in [0.2, 0.25) is 0 Å². The number of alkyl halides is 1. The van der Waals surface area contributed by atoms with Gasteiger partial charge >= 0.3 is 0 Å². The Morgan fingerprint density at radius 1 is 1.06 bits per heavy atom. The highest BCUT2D eigenvalue weighted by atomic mass is 32.2. The summed E-state index contributed by atoms with van der Waals surface area (Å²) in [4.78, 5) is 6.08. The van der Waals surface area contributed by atoms with Crippen LogP contribution in [0.4, 0.5) is 13.2 Å². The van der Waals surface area contributed by atoms with Crippen molar-refractivity contribution in [3.05, 3.63) is 72.1 Å². The number of benzene rings is 2. The first-order valence-electron chi connectivity index (χ1n) is 10.4. The molecule has 0 atom stereocenters. The first kappa shape index (κ1) is 22.5. The number of aromatic nitrogens is 2. The topological polar surface area (TPSA) is 55.2 Å². The molecule has 9 heteroatoms. The summed E-state index contributed by atoms with van der Waals surface area (Å²) in [7, 11) is -2.35. The van der Waals surface area contributed by atoms with Crippen LogP contribution in [0, 0.1) is 11.6 Å².